The molecule has 0 spiro atoms. The molecule has 162 valence electrons. The summed E-state index contributed by atoms with van der Waals surface area (Å²) in [5.74, 6) is -1.20. The third kappa shape index (κ3) is 4.78. The first kappa shape index (κ1) is 21.1. The first-order valence-corrected chi connectivity index (χ1v) is 9.95. The van der Waals surface area contributed by atoms with Gasteiger partial charge < -0.3 is 15.5 Å². The maximum absolute atomic E-state index is 14.4. The number of halogens is 4. The van der Waals surface area contributed by atoms with Gasteiger partial charge in [0.05, 0.1) is 16.0 Å². The molecule has 0 bridgehead atoms. The molecule has 1 atom stereocenters. The molecular formula is C20H16F4N4O2S. The van der Waals surface area contributed by atoms with Crippen LogP contribution >= 0.6 is 11.3 Å². The summed E-state index contributed by atoms with van der Waals surface area (Å²) in [6.45, 7) is 0.322. The quantitative estimate of drug-likeness (QED) is 0.377. The zero-order valence-electron chi connectivity index (χ0n) is 15.8. The van der Waals surface area contributed by atoms with Crippen molar-refractivity contribution < 1.29 is 22.0 Å². The van der Waals surface area contributed by atoms with E-state index in [2.05, 4.69) is 15.3 Å². The summed E-state index contributed by atoms with van der Waals surface area (Å²) in [4.78, 5) is 18.4. The Bertz CT molecular complexity index is 1260. The Morgan fingerprint density at radius 3 is 2.68 bits per heavy atom. The molecule has 31 heavy (non-hydrogen) atoms. The van der Waals surface area contributed by atoms with E-state index in [1.54, 1.807) is 0 Å². The number of anilines is 1. The fourth-order valence-electron chi connectivity index (χ4n) is 3.06. The number of aromatic amines is 1. The van der Waals surface area contributed by atoms with Gasteiger partial charge in [0.1, 0.15) is 5.82 Å². The van der Waals surface area contributed by atoms with Crippen LogP contribution < -0.4 is 16.8 Å². The standard InChI is InChI=1S/C20H16F4N4O2S/c21-14-7-15-16(30-19(29)28-15)6-13(14)17-9-27-18(31-17)26-8-12(25)5-10-1-3-11(4-2-10)20(22,23)24/h1-4,6-7,9,12H,5,8,25H2,(H,26,27)(H,28,29). The van der Waals surface area contributed by atoms with Gasteiger partial charge in [0.2, 0.25) is 0 Å². The van der Waals surface area contributed by atoms with Crippen molar-refractivity contribution in [3.63, 3.8) is 0 Å². The zero-order chi connectivity index (χ0) is 22.2. The van der Waals surface area contributed by atoms with E-state index < -0.39 is 23.3 Å². The van der Waals surface area contributed by atoms with Gasteiger partial charge in [-0.2, -0.15) is 13.2 Å². The molecule has 11 heteroatoms. The van der Waals surface area contributed by atoms with Gasteiger partial charge in [0.25, 0.3) is 0 Å². The number of nitrogens with zero attached hydrogens (tertiary/aromatic N) is 1. The Morgan fingerprint density at radius 1 is 1.23 bits per heavy atom. The van der Waals surface area contributed by atoms with Crippen LogP contribution in [0, 0.1) is 5.82 Å². The molecule has 0 aliphatic heterocycles. The maximum atomic E-state index is 14.4. The molecule has 0 saturated heterocycles. The molecule has 0 aliphatic carbocycles. The predicted molar refractivity (Wildman–Crippen MR) is 110 cm³/mol. The van der Waals surface area contributed by atoms with Crippen molar-refractivity contribution in [2.45, 2.75) is 18.6 Å². The Morgan fingerprint density at radius 2 is 1.97 bits per heavy atom. The van der Waals surface area contributed by atoms with Crippen molar-refractivity contribution in [3.8, 4) is 10.4 Å². The highest BCUT2D eigenvalue weighted by atomic mass is 32.1. The smallest absolute Gasteiger partial charge is 0.408 e. The predicted octanol–water partition coefficient (Wildman–Crippen LogP) is 4.38. The Kier molecular flexibility index (Phi) is 5.54. The Labute approximate surface area is 176 Å². The third-order valence-electron chi connectivity index (χ3n) is 4.57. The fraction of sp³-hybridized carbons (Fsp3) is 0.200. The van der Waals surface area contributed by atoms with Crippen molar-refractivity contribution in [1.82, 2.24) is 9.97 Å². The lowest BCUT2D eigenvalue weighted by molar-refractivity contribution is -0.137. The van der Waals surface area contributed by atoms with E-state index in [0.717, 1.165) is 12.1 Å². The summed E-state index contributed by atoms with van der Waals surface area (Å²) in [5, 5.41) is 3.56. The van der Waals surface area contributed by atoms with Crippen molar-refractivity contribution in [1.29, 1.82) is 0 Å². The second-order valence-electron chi connectivity index (χ2n) is 6.91. The molecular weight excluding hydrogens is 436 g/mol. The largest absolute Gasteiger partial charge is 0.417 e. The van der Waals surface area contributed by atoms with Gasteiger partial charge in [-0.25, -0.2) is 14.2 Å². The van der Waals surface area contributed by atoms with Gasteiger partial charge in [-0.15, -0.1) is 0 Å². The van der Waals surface area contributed by atoms with Gasteiger partial charge in [-0.05, 0) is 30.2 Å². The van der Waals surface area contributed by atoms with Crippen LogP contribution in [0.4, 0.5) is 22.7 Å². The Hall–Kier alpha value is -3.18. The van der Waals surface area contributed by atoms with E-state index in [9.17, 15) is 22.4 Å². The molecule has 0 aliphatic rings. The molecule has 6 nitrogen and oxygen atoms in total. The van der Waals surface area contributed by atoms with E-state index in [0.29, 0.717) is 28.5 Å². The number of oxazole rings is 1. The normalized spacial score (nSPS) is 12.9. The van der Waals surface area contributed by atoms with Crippen molar-refractivity contribution in [2.24, 2.45) is 5.73 Å². The van der Waals surface area contributed by atoms with Gasteiger partial charge in [0, 0.05) is 30.4 Å². The number of fused-ring (bicyclic) bond motifs is 1. The first-order chi connectivity index (χ1) is 14.7. The highest BCUT2D eigenvalue weighted by Crippen LogP contribution is 2.33. The summed E-state index contributed by atoms with van der Waals surface area (Å²) in [6.07, 6.45) is -2.51. The second-order valence-corrected chi connectivity index (χ2v) is 7.94. The highest BCUT2D eigenvalue weighted by Gasteiger charge is 2.29. The van der Waals surface area contributed by atoms with E-state index in [4.69, 9.17) is 10.2 Å². The number of alkyl halides is 3. The lowest BCUT2D eigenvalue weighted by Crippen LogP contribution is -2.31. The molecule has 4 N–H and O–H groups in total. The van der Waals surface area contributed by atoms with Crippen LogP contribution in [0.5, 0.6) is 0 Å². The van der Waals surface area contributed by atoms with Crippen LogP contribution in [0.2, 0.25) is 0 Å². The number of benzene rings is 2. The molecule has 0 radical (unpaired) electrons. The summed E-state index contributed by atoms with van der Waals surface area (Å²) in [6, 6.07) is 7.11. The second kappa shape index (κ2) is 8.16. The van der Waals surface area contributed by atoms with E-state index in [1.165, 1.54) is 41.8 Å². The molecule has 2 aromatic carbocycles. The SMILES string of the molecule is NC(CNc1ncc(-c2cc3oc(=O)[nH]c3cc2F)s1)Cc1ccc(C(F)(F)F)cc1. The summed E-state index contributed by atoms with van der Waals surface area (Å²) in [5.41, 5.74) is 6.80. The van der Waals surface area contributed by atoms with Crippen LogP contribution in [0.3, 0.4) is 0 Å². The fourth-order valence-corrected chi connectivity index (χ4v) is 3.90. The number of nitrogens with one attached hydrogen (secondary N) is 2. The number of rotatable bonds is 6. The minimum atomic E-state index is -4.37. The van der Waals surface area contributed by atoms with E-state index in [-0.39, 0.29) is 22.7 Å². The number of nitrogens with two attached hydrogens (primary N) is 1. The average Bonchev–Trinajstić information content (AvgIpc) is 3.30. The Balaban J connectivity index is 1.39. The molecule has 0 saturated carbocycles. The third-order valence-corrected chi connectivity index (χ3v) is 5.56. The molecule has 2 aromatic heterocycles. The number of thiazole rings is 1. The molecule has 4 aromatic rings. The summed E-state index contributed by atoms with van der Waals surface area (Å²) in [7, 11) is 0. The summed E-state index contributed by atoms with van der Waals surface area (Å²) >= 11 is 1.20. The maximum Gasteiger partial charge on any atom is 0.417 e. The van der Waals surface area contributed by atoms with Gasteiger partial charge in [-0.1, -0.05) is 23.5 Å². The van der Waals surface area contributed by atoms with E-state index in [1.807, 2.05) is 0 Å². The molecule has 1 unspecified atom stereocenters. The van der Waals surface area contributed by atoms with E-state index >= 15 is 0 Å². The molecule has 2 heterocycles. The topological polar surface area (TPSA) is 96.9 Å². The number of aromatic nitrogens is 2. The molecule has 4 rings (SSSR count). The highest BCUT2D eigenvalue weighted by molar-refractivity contribution is 7.18. The summed E-state index contributed by atoms with van der Waals surface area (Å²) < 4.78 is 57.3. The van der Waals surface area contributed by atoms with Crippen molar-refractivity contribution in [3.05, 3.63) is 70.1 Å². The zero-order valence-corrected chi connectivity index (χ0v) is 16.6. The lowest BCUT2D eigenvalue weighted by Gasteiger charge is -2.13. The minimum absolute atomic E-state index is 0.239. The van der Waals surface area contributed by atoms with Crippen molar-refractivity contribution in [2.75, 3.05) is 11.9 Å². The van der Waals surface area contributed by atoms with Crippen molar-refractivity contribution >= 4 is 27.6 Å². The first-order valence-electron chi connectivity index (χ1n) is 9.13. The number of H-pyrrole nitrogens is 1. The van der Waals surface area contributed by atoms with Gasteiger partial charge in [-0.3, -0.25) is 4.98 Å². The molecule has 0 fully saturated rings. The number of hydrogen-bond acceptors (Lipinski definition) is 6. The van der Waals surface area contributed by atoms with Gasteiger partial charge in [0.15, 0.2) is 10.7 Å². The number of hydrogen-bond donors (Lipinski definition) is 3. The van der Waals surface area contributed by atoms with Crippen LogP contribution in [0.1, 0.15) is 11.1 Å². The van der Waals surface area contributed by atoms with Crippen LogP contribution in [0.25, 0.3) is 21.5 Å². The lowest BCUT2D eigenvalue weighted by atomic mass is 10.0. The van der Waals surface area contributed by atoms with Crippen LogP contribution in [-0.4, -0.2) is 22.6 Å². The van der Waals surface area contributed by atoms with Crippen LogP contribution in [0.15, 0.2) is 51.8 Å². The van der Waals surface area contributed by atoms with Crippen LogP contribution in [-0.2, 0) is 12.6 Å². The average molecular weight is 452 g/mol. The molecule has 0 amide bonds. The monoisotopic (exact) mass is 452 g/mol. The van der Waals surface area contributed by atoms with Gasteiger partial charge >= 0.3 is 11.9 Å². The minimum Gasteiger partial charge on any atom is -0.408 e.